The highest BCUT2D eigenvalue weighted by Crippen LogP contribution is 2.47. The van der Waals surface area contributed by atoms with Crippen LogP contribution in [0.3, 0.4) is 0 Å². The molecule has 2 heterocycles. The van der Waals surface area contributed by atoms with Crippen LogP contribution in [0.4, 0.5) is 5.69 Å². The quantitative estimate of drug-likeness (QED) is 0.863. The number of benzene rings is 1. The van der Waals surface area contributed by atoms with Gasteiger partial charge in [0, 0.05) is 30.1 Å². The Morgan fingerprint density at radius 1 is 1.35 bits per heavy atom. The first-order chi connectivity index (χ1) is 11.1. The minimum absolute atomic E-state index is 0.0116. The van der Waals surface area contributed by atoms with Gasteiger partial charge in [-0.05, 0) is 24.6 Å². The molecule has 3 rings (SSSR count). The van der Waals surface area contributed by atoms with Crippen LogP contribution in [0.15, 0.2) is 18.2 Å². The Kier molecular flexibility index (Phi) is 4.15. The minimum atomic E-state index is -0.430. The lowest BCUT2D eigenvalue weighted by atomic mass is 9.82. The topological polar surface area (TPSA) is 67.9 Å². The molecule has 1 amide bonds. The lowest BCUT2D eigenvalue weighted by Gasteiger charge is -2.38. The van der Waals surface area contributed by atoms with E-state index in [1.807, 2.05) is 30.0 Å². The second kappa shape index (κ2) is 6.10. The van der Waals surface area contributed by atoms with Gasteiger partial charge in [-0.3, -0.25) is 4.79 Å². The fourth-order valence-electron chi connectivity index (χ4n) is 3.73. The predicted molar refractivity (Wildman–Crippen MR) is 85.3 cm³/mol. The van der Waals surface area contributed by atoms with E-state index < -0.39 is 6.04 Å². The molecule has 3 atom stereocenters. The summed E-state index contributed by atoms with van der Waals surface area (Å²) < 4.78 is 10.3. The number of ether oxygens (including phenoxy) is 2. The molecule has 2 aliphatic rings. The molecule has 1 saturated heterocycles. The summed E-state index contributed by atoms with van der Waals surface area (Å²) in [5, 5.41) is 3.28. The fraction of sp³-hybridized carbons (Fsp3) is 0.529. The van der Waals surface area contributed by atoms with Crippen molar-refractivity contribution in [3.05, 3.63) is 23.8 Å². The molecule has 0 spiro atoms. The van der Waals surface area contributed by atoms with Gasteiger partial charge >= 0.3 is 5.97 Å². The molecule has 1 aromatic rings. The summed E-state index contributed by atoms with van der Waals surface area (Å²) in [5.74, 6) is 0.582. The van der Waals surface area contributed by atoms with Crippen molar-refractivity contribution in [3.63, 3.8) is 0 Å². The van der Waals surface area contributed by atoms with Crippen LogP contribution in [0, 0.1) is 5.92 Å². The number of likely N-dealkylation sites (tertiary alicyclic amines) is 1. The van der Waals surface area contributed by atoms with E-state index >= 15 is 0 Å². The number of carbonyl (C=O) groups is 2. The molecule has 6 nitrogen and oxygen atoms in total. The number of rotatable bonds is 3. The van der Waals surface area contributed by atoms with E-state index in [0.29, 0.717) is 13.0 Å². The van der Waals surface area contributed by atoms with E-state index in [2.05, 4.69) is 5.32 Å². The van der Waals surface area contributed by atoms with Crippen molar-refractivity contribution in [3.8, 4) is 5.75 Å². The summed E-state index contributed by atoms with van der Waals surface area (Å²) in [5.41, 5.74) is 1.87. The zero-order chi connectivity index (χ0) is 16.6. The Hall–Kier alpha value is -2.24. The van der Waals surface area contributed by atoms with Gasteiger partial charge in [0.15, 0.2) is 0 Å². The van der Waals surface area contributed by atoms with Gasteiger partial charge in [0.1, 0.15) is 11.8 Å². The molecule has 124 valence electrons. The first-order valence-electron chi connectivity index (χ1n) is 7.92. The number of methoxy groups -OCH3 is 2. The largest absolute Gasteiger partial charge is 0.497 e. The van der Waals surface area contributed by atoms with Gasteiger partial charge in [0.2, 0.25) is 5.91 Å². The molecular formula is C17H22N2O4. The summed E-state index contributed by atoms with van der Waals surface area (Å²) in [4.78, 5) is 26.4. The second-order valence-electron chi connectivity index (χ2n) is 5.94. The van der Waals surface area contributed by atoms with Crippen molar-refractivity contribution in [1.82, 2.24) is 4.90 Å². The van der Waals surface area contributed by atoms with Gasteiger partial charge in [-0.15, -0.1) is 0 Å². The third-order valence-electron chi connectivity index (χ3n) is 4.84. The number of nitrogens with zero attached hydrogens (tertiary/aromatic N) is 1. The van der Waals surface area contributed by atoms with Crippen LogP contribution in [-0.2, 0) is 14.3 Å². The van der Waals surface area contributed by atoms with Crippen LogP contribution >= 0.6 is 0 Å². The number of hydrogen-bond donors (Lipinski definition) is 1. The average molecular weight is 318 g/mol. The standard InChI is InChI=1S/C17H22N2O4/c1-4-14(20)19-8-7-11-15(17(21)23-3)18-13-6-5-10(22-2)9-12(13)16(11)19/h5-6,9,11,15-16,18H,4,7-8H2,1-3H3/t11-,15+,16-/m0/s1. The van der Waals surface area contributed by atoms with Crippen LogP contribution < -0.4 is 10.1 Å². The fourth-order valence-corrected chi connectivity index (χ4v) is 3.73. The summed E-state index contributed by atoms with van der Waals surface area (Å²) in [6, 6.07) is 5.15. The van der Waals surface area contributed by atoms with Gasteiger partial charge < -0.3 is 19.7 Å². The van der Waals surface area contributed by atoms with E-state index in [1.165, 1.54) is 7.11 Å². The monoisotopic (exact) mass is 318 g/mol. The maximum Gasteiger partial charge on any atom is 0.328 e. The molecule has 1 N–H and O–H groups in total. The van der Waals surface area contributed by atoms with Crippen molar-refractivity contribution < 1.29 is 19.1 Å². The molecular weight excluding hydrogens is 296 g/mol. The Bertz CT molecular complexity index is 631. The zero-order valence-corrected chi connectivity index (χ0v) is 13.7. The normalized spacial score (nSPS) is 25.2. The molecule has 0 radical (unpaired) electrons. The third-order valence-corrected chi connectivity index (χ3v) is 4.84. The SMILES string of the molecule is CCC(=O)N1CC[C@@H]2[C@H]1c1cc(OC)ccc1N[C@H]2C(=O)OC. The summed E-state index contributed by atoms with van der Waals surface area (Å²) in [6.07, 6.45) is 1.23. The Morgan fingerprint density at radius 2 is 2.13 bits per heavy atom. The van der Waals surface area contributed by atoms with Crippen molar-refractivity contribution in [2.75, 3.05) is 26.1 Å². The maximum absolute atomic E-state index is 12.3. The number of nitrogens with one attached hydrogen (secondary N) is 1. The van der Waals surface area contributed by atoms with Crippen molar-refractivity contribution in [2.45, 2.75) is 31.8 Å². The van der Waals surface area contributed by atoms with Crippen LogP contribution in [0.2, 0.25) is 0 Å². The second-order valence-corrected chi connectivity index (χ2v) is 5.94. The third kappa shape index (κ3) is 2.52. The molecule has 23 heavy (non-hydrogen) atoms. The maximum atomic E-state index is 12.3. The highest BCUT2D eigenvalue weighted by molar-refractivity contribution is 5.83. The van der Waals surface area contributed by atoms with Crippen molar-refractivity contribution >= 4 is 17.6 Å². The number of hydrogen-bond acceptors (Lipinski definition) is 5. The van der Waals surface area contributed by atoms with Crippen LogP contribution in [0.5, 0.6) is 5.75 Å². The number of carbonyl (C=O) groups excluding carboxylic acids is 2. The number of anilines is 1. The molecule has 2 aliphatic heterocycles. The van der Waals surface area contributed by atoms with Gasteiger partial charge in [-0.2, -0.15) is 0 Å². The van der Waals surface area contributed by atoms with E-state index in [4.69, 9.17) is 9.47 Å². The van der Waals surface area contributed by atoms with Gasteiger partial charge in [-0.25, -0.2) is 4.79 Å². The highest BCUT2D eigenvalue weighted by atomic mass is 16.5. The Morgan fingerprint density at radius 3 is 2.78 bits per heavy atom. The van der Waals surface area contributed by atoms with Crippen molar-refractivity contribution in [1.29, 1.82) is 0 Å². The molecule has 1 fully saturated rings. The predicted octanol–water partition coefficient (Wildman–Crippen LogP) is 1.96. The van der Waals surface area contributed by atoms with Crippen LogP contribution in [0.25, 0.3) is 0 Å². The lowest BCUT2D eigenvalue weighted by Crippen LogP contribution is -2.45. The van der Waals surface area contributed by atoms with E-state index in [-0.39, 0.29) is 23.8 Å². The molecule has 0 aliphatic carbocycles. The average Bonchev–Trinajstić information content (AvgIpc) is 3.04. The molecule has 0 saturated carbocycles. The molecule has 0 bridgehead atoms. The minimum Gasteiger partial charge on any atom is -0.497 e. The Labute approximate surface area is 135 Å². The smallest absolute Gasteiger partial charge is 0.328 e. The molecule has 0 unspecified atom stereocenters. The number of esters is 1. The molecule has 0 aromatic heterocycles. The summed E-state index contributed by atoms with van der Waals surface area (Å²) in [6.45, 7) is 2.52. The van der Waals surface area contributed by atoms with Crippen LogP contribution in [0.1, 0.15) is 31.4 Å². The van der Waals surface area contributed by atoms with E-state index in [0.717, 1.165) is 23.4 Å². The van der Waals surface area contributed by atoms with E-state index in [1.54, 1.807) is 7.11 Å². The zero-order valence-electron chi connectivity index (χ0n) is 13.7. The van der Waals surface area contributed by atoms with Gasteiger partial charge in [-0.1, -0.05) is 6.92 Å². The van der Waals surface area contributed by atoms with Gasteiger partial charge in [0.25, 0.3) is 0 Å². The molecule has 1 aromatic carbocycles. The highest BCUT2D eigenvalue weighted by Gasteiger charge is 2.48. The van der Waals surface area contributed by atoms with Crippen molar-refractivity contribution in [2.24, 2.45) is 5.92 Å². The molecule has 6 heteroatoms. The summed E-state index contributed by atoms with van der Waals surface area (Å²) in [7, 11) is 3.02. The summed E-state index contributed by atoms with van der Waals surface area (Å²) >= 11 is 0. The van der Waals surface area contributed by atoms with Crippen LogP contribution in [-0.4, -0.2) is 43.6 Å². The van der Waals surface area contributed by atoms with E-state index in [9.17, 15) is 9.59 Å². The first-order valence-corrected chi connectivity index (χ1v) is 7.92. The Balaban J connectivity index is 2.06. The number of amides is 1. The van der Waals surface area contributed by atoms with Gasteiger partial charge in [0.05, 0.1) is 20.3 Å². The first kappa shape index (κ1) is 15.6. The lowest BCUT2D eigenvalue weighted by molar-refractivity contribution is -0.144. The number of fused-ring (bicyclic) bond motifs is 3.